The number of tetrazole rings is 1. The minimum Gasteiger partial charge on any atom is -0.345 e. The molecule has 0 spiro atoms. The highest BCUT2D eigenvalue weighted by molar-refractivity contribution is 5.91. The highest BCUT2D eigenvalue weighted by Crippen LogP contribution is 2.13. The molecule has 0 unspecified atom stereocenters. The number of nitrogens with one attached hydrogen (secondary N) is 1. The number of hydrogen-bond donors (Lipinski definition) is 1. The third-order valence-electron chi connectivity index (χ3n) is 3.56. The standard InChI is InChI=1S/C17H13FN6O3/c18-13-4-8-14(9-5-13)23-16(20-21-22-23)11-19-17(25)10-3-12-1-6-15(7-2-12)24(26)27/h1-10H,11H2,(H,19,25)/b10-3-. The van der Waals surface area contributed by atoms with Crippen LogP contribution in [0.25, 0.3) is 11.8 Å². The lowest BCUT2D eigenvalue weighted by molar-refractivity contribution is -0.384. The van der Waals surface area contributed by atoms with E-state index in [-0.39, 0.29) is 24.0 Å². The third-order valence-corrected chi connectivity index (χ3v) is 3.56. The van der Waals surface area contributed by atoms with E-state index in [0.717, 1.165) is 0 Å². The minimum absolute atomic E-state index is 0.0239. The number of carbonyl (C=O) groups excluding carboxylic acids is 1. The number of hydrogen-bond acceptors (Lipinski definition) is 6. The maximum Gasteiger partial charge on any atom is 0.269 e. The third kappa shape index (κ3) is 4.57. The molecule has 0 atom stereocenters. The second-order valence-electron chi connectivity index (χ2n) is 5.38. The van der Waals surface area contributed by atoms with Crippen molar-refractivity contribution in [3.05, 3.63) is 81.9 Å². The summed E-state index contributed by atoms with van der Waals surface area (Å²) in [4.78, 5) is 22.1. The van der Waals surface area contributed by atoms with Gasteiger partial charge in [-0.05, 0) is 58.5 Å². The van der Waals surface area contributed by atoms with Crippen LogP contribution in [0, 0.1) is 15.9 Å². The molecule has 0 radical (unpaired) electrons. The van der Waals surface area contributed by atoms with Gasteiger partial charge in [-0.15, -0.1) is 5.10 Å². The molecule has 1 N–H and O–H groups in total. The van der Waals surface area contributed by atoms with Crippen LogP contribution in [0.15, 0.2) is 54.6 Å². The predicted molar refractivity (Wildman–Crippen MR) is 93.1 cm³/mol. The molecule has 1 aromatic heterocycles. The highest BCUT2D eigenvalue weighted by atomic mass is 19.1. The van der Waals surface area contributed by atoms with E-state index in [1.807, 2.05) is 0 Å². The van der Waals surface area contributed by atoms with Crippen molar-refractivity contribution in [2.45, 2.75) is 6.54 Å². The van der Waals surface area contributed by atoms with Gasteiger partial charge in [0.15, 0.2) is 5.82 Å². The van der Waals surface area contributed by atoms with Crippen molar-refractivity contribution in [3.63, 3.8) is 0 Å². The van der Waals surface area contributed by atoms with Crippen LogP contribution >= 0.6 is 0 Å². The van der Waals surface area contributed by atoms with E-state index < -0.39 is 4.92 Å². The molecule has 136 valence electrons. The van der Waals surface area contributed by atoms with Crippen molar-refractivity contribution < 1.29 is 14.1 Å². The van der Waals surface area contributed by atoms with Gasteiger partial charge in [-0.1, -0.05) is 0 Å². The summed E-state index contributed by atoms with van der Waals surface area (Å²) < 4.78 is 14.4. The van der Waals surface area contributed by atoms with E-state index in [9.17, 15) is 19.3 Å². The molecular formula is C17H13FN6O3. The number of non-ortho nitro benzene ring substituents is 1. The van der Waals surface area contributed by atoms with Crippen LogP contribution in [0.2, 0.25) is 0 Å². The molecule has 10 heteroatoms. The molecule has 0 aliphatic heterocycles. The topological polar surface area (TPSA) is 116 Å². The Morgan fingerprint density at radius 3 is 2.56 bits per heavy atom. The Balaban J connectivity index is 1.60. The molecule has 0 saturated heterocycles. The average Bonchev–Trinajstić information content (AvgIpc) is 3.14. The first-order valence-corrected chi connectivity index (χ1v) is 7.76. The molecule has 1 heterocycles. The second kappa shape index (κ2) is 7.95. The van der Waals surface area contributed by atoms with Gasteiger partial charge in [0.25, 0.3) is 5.69 Å². The van der Waals surface area contributed by atoms with Crippen LogP contribution in [0.5, 0.6) is 0 Å². The van der Waals surface area contributed by atoms with Crippen LogP contribution in [0.3, 0.4) is 0 Å². The van der Waals surface area contributed by atoms with E-state index in [0.29, 0.717) is 17.1 Å². The first kappa shape index (κ1) is 17.9. The van der Waals surface area contributed by atoms with E-state index in [1.165, 1.54) is 65.4 Å². The molecule has 2 aromatic carbocycles. The number of rotatable bonds is 6. The Labute approximate surface area is 152 Å². The molecule has 1 amide bonds. The molecule has 3 rings (SSSR count). The molecule has 0 saturated carbocycles. The number of amides is 1. The Hall–Kier alpha value is -3.95. The SMILES string of the molecule is O=C(/C=C\c1ccc([N+](=O)[O-])cc1)NCc1nnnn1-c1ccc(F)cc1. The average molecular weight is 368 g/mol. The molecule has 0 aliphatic rings. The fraction of sp³-hybridized carbons (Fsp3) is 0.0588. The van der Waals surface area contributed by atoms with Gasteiger partial charge >= 0.3 is 0 Å². The van der Waals surface area contributed by atoms with E-state index >= 15 is 0 Å². The maximum absolute atomic E-state index is 13.0. The summed E-state index contributed by atoms with van der Waals surface area (Å²) in [7, 11) is 0. The van der Waals surface area contributed by atoms with Crippen molar-refractivity contribution in [1.29, 1.82) is 0 Å². The summed E-state index contributed by atoms with van der Waals surface area (Å²) in [5, 5.41) is 24.5. The first-order chi connectivity index (χ1) is 13.0. The number of carbonyl (C=O) groups is 1. The highest BCUT2D eigenvalue weighted by Gasteiger charge is 2.09. The van der Waals surface area contributed by atoms with Crippen LogP contribution in [-0.2, 0) is 11.3 Å². The van der Waals surface area contributed by atoms with Gasteiger partial charge in [-0.3, -0.25) is 14.9 Å². The van der Waals surface area contributed by atoms with Crippen molar-refractivity contribution in [1.82, 2.24) is 25.5 Å². The zero-order valence-electron chi connectivity index (χ0n) is 13.8. The van der Waals surface area contributed by atoms with Crippen molar-refractivity contribution in [2.75, 3.05) is 0 Å². The normalized spacial score (nSPS) is 10.9. The Bertz CT molecular complexity index is 983. The monoisotopic (exact) mass is 368 g/mol. The molecule has 3 aromatic rings. The maximum atomic E-state index is 13.0. The van der Waals surface area contributed by atoms with Crippen LogP contribution in [0.1, 0.15) is 11.4 Å². The lowest BCUT2D eigenvalue weighted by Crippen LogP contribution is -2.22. The summed E-state index contributed by atoms with van der Waals surface area (Å²) >= 11 is 0. The largest absolute Gasteiger partial charge is 0.345 e. The van der Waals surface area contributed by atoms with Gasteiger partial charge < -0.3 is 5.32 Å². The predicted octanol–water partition coefficient (Wildman–Crippen LogP) is 2.04. The van der Waals surface area contributed by atoms with E-state index in [2.05, 4.69) is 20.8 Å². The number of nitro benzene ring substituents is 1. The summed E-state index contributed by atoms with van der Waals surface area (Å²) in [5.41, 5.74) is 1.18. The lowest BCUT2D eigenvalue weighted by Gasteiger charge is -2.05. The number of nitrogens with zero attached hydrogens (tertiary/aromatic N) is 5. The fourth-order valence-corrected chi connectivity index (χ4v) is 2.20. The van der Waals surface area contributed by atoms with Crippen LogP contribution in [-0.4, -0.2) is 31.0 Å². The van der Waals surface area contributed by atoms with Gasteiger partial charge in [-0.2, -0.15) is 4.68 Å². The lowest BCUT2D eigenvalue weighted by atomic mass is 10.2. The van der Waals surface area contributed by atoms with Crippen molar-refractivity contribution in [3.8, 4) is 5.69 Å². The van der Waals surface area contributed by atoms with Crippen molar-refractivity contribution >= 4 is 17.7 Å². The summed E-state index contributed by atoms with van der Waals surface area (Å²) in [6, 6.07) is 11.4. The van der Waals surface area contributed by atoms with Crippen molar-refractivity contribution in [2.24, 2.45) is 0 Å². The smallest absolute Gasteiger partial charge is 0.269 e. The van der Waals surface area contributed by atoms with Gasteiger partial charge in [0.2, 0.25) is 5.91 Å². The van der Waals surface area contributed by atoms with Gasteiger partial charge in [0.05, 0.1) is 17.2 Å². The summed E-state index contributed by atoms with van der Waals surface area (Å²) in [5.74, 6) is -0.390. The molecular weight excluding hydrogens is 355 g/mol. The number of aromatic nitrogens is 4. The molecule has 9 nitrogen and oxygen atoms in total. The summed E-state index contributed by atoms with van der Waals surface area (Å²) in [6.07, 6.45) is 2.83. The quantitative estimate of drug-likeness (QED) is 0.404. The minimum atomic E-state index is -0.495. The van der Waals surface area contributed by atoms with Gasteiger partial charge in [0, 0.05) is 18.2 Å². The fourth-order valence-electron chi connectivity index (χ4n) is 2.20. The summed E-state index contributed by atoms with van der Waals surface area (Å²) in [6.45, 7) is 0.0633. The van der Waals surface area contributed by atoms with Crippen LogP contribution in [0.4, 0.5) is 10.1 Å². The number of benzene rings is 2. The molecule has 0 fully saturated rings. The Kier molecular flexibility index (Phi) is 5.26. The number of nitro groups is 1. The van der Waals surface area contributed by atoms with E-state index in [1.54, 1.807) is 0 Å². The molecule has 27 heavy (non-hydrogen) atoms. The van der Waals surface area contributed by atoms with Crippen LogP contribution < -0.4 is 5.32 Å². The van der Waals surface area contributed by atoms with Gasteiger partial charge in [0.1, 0.15) is 5.82 Å². The Morgan fingerprint density at radius 1 is 1.19 bits per heavy atom. The molecule has 0 bridgehead atoms. The molecule has 0 aliphatic carbocycles. The first-order valence-electron chi connectivity index (χ1n) is 7.76. The second-order valence-corrected chi connectivity index (χ2v) is 5.38. The number of halogens is 1. The van der Waals surface area contributed by atoms with E-state index in [4.69, 9.17) is 0 Å². The van der Waals surface area contributed by atoms with Gasteiger partial charge in [-0.25, -0.2) is 4.39 Å². The Morgan fingerprint density at radius 2 is 1.89 bits per heavy atom. The zero-order chi connectivity index (χ0) is 19.2. The zero-order valence-corrected chi connectivity index (χ0v) is 13.8.